The molecule has 2 aromatic heterocycles. The van der Waals surface area contributed by atoms with Crippen LogP contribution in [0.15, 0.2) is 71.4 Å². The molecule has 3 heterocycles. The predicted octanol–water partition coefficient (Wildman–Crippen LogP) is 4.90. The van der Waals surface area contributed by atoms with E-state index in [1.54, 1.807) is 6.33 Å². The van der Waals surface area contributed by atoms with Crippen molar-refractivity contribution < 1.29 is 14.3 Å². The molecular weight excluding hydrogens is 528 g/mol. The van der Waals surface area contributed by atoms with Gasteiger partial charge in [0.2, 0.25) is 11.8 Å². The Hall–Kier alpha value is -3.82. The first kappa shape index (κ1) is 27.0. The fraction of sp³-hybridized carbons (Fsp3) is 0.455. The highest BCUT2D eigenvalue weighted by atomic mass is 16.4. The predicted molar refractivity (Wildman–Crippen MR) is 159 cm³/mol. The molecule has 7 rings (SSSR count). The molecule has 2 N–H and O–H groups in total. The molecule has 0 radical (unpaired) electrons. The number of aliphatic hydroxyl groups is 1. The van der Waals surface area contributed by atoms with Gasteiger partial charge in [-0.2, -0.15) is 0 Å². The lowest BCUT2D eigenvalue weighted by Gasteiger charge is -2.42. The lowest BCUT2D eigenvalue weighted by Crippen LogP contribution is -2.54. The Kier molecular flexibility index (Phi) is 7.38. The van der Waals surface area contributed by atoms with E-state index in [1.165, 1.54) is 12.8 Å². The Balaban J connectivity index is 1.20. The van der Waals surface area contributed by atoms with Crippen molar-refractivity contribution in [1.82, 2.24) is 30.0 Å². The van der Waals surface area contributed by atoms with Crippen LogP contribution in [0.3, 0.4) is 0 Å². The van der Waals surface area contributed by atoms with Crippen molar-refractivity contribution >= 4 is 5.91 Å². The molecule has 0 bridgehead atoms. The fourth-order valence-corrected chi connectivity index (χ4v) is 6.88. The smallest absolute Gasteiger partial charge is 0.275 e. The third-order valence-corrected chi connectivity index (χ3v) is 9.18. The highest BCUT2D eigenvalue weighted by molar-refractivity contribution is 5.98. The van der Waals surface area contributed by atoms with E-state index in [-0.39, 0.29) is 18.0 Å². The van der Waals surface area contributed by atoms with Crippen molar-refractivity contribution in [3.8, 4) is 22.7 Å². The standard InChI is InChI=1S/C33H38N6O3/c40-32(38-18-17-34-21-26(38)19-28-36-37-31(42-28)25-11-5-2-6-12-25)29-30(24-9-3-1-4-10-24)39(22-35-29)27-13-7-8-16-33(27,41)20-23-14-15-23/h1-6,9-12,22-23,26-27,34,41H,7-8,13-21H2/t26-,27-,33-/m1/s1. The average molecular weight is 567 g/mol. The highest BCUT2D eigenvalue weighted by Crippen LogP contribution is 2.48. The van der Waals surface area contributed by atoms with E-state index in [2.05, 4.69) is 20.1 Å². The summed E-state index contributed by atoms with van der Waals surface area (Å²) < 4.78 is 8.12. The first-order chi connectivity index (χ1) is 20.6. The van der Waals surface area contributed by atoms with Gasteiger partial charge in [-0.3, -0.25) is 4.79 Å². The first-order valence-electron chi connectivity index (χ1n) is 15.3. The number of aromatic nitrogens is 4. The number of amides is 1. The number of rotatable bonds is 8. The normalized spacial score (nSPS) is 24.5. The minimum Gasteiger partial charge on any atom is -0.421 e. The summed E-state index contributed by atoms with van der Waals surface area (Å²) in [5.74, 6) is 1.47. The maximum Gasteiger partial charge on any atom is 0.275 e. The monoisotopic (exact) mass is 566 g/mol. The van der Waals surface area contributed by atoms with Gasteiger partial charge < -0.3 is 24.3 Å². The Morgan fingerprint density at radius 1 is 1.00 bits per heavy atom. The summed E-state index contributed by atoms with van der Waals surface area (Å²) in [6.07, 6.45) is 9.23. The average Bonchev–Trinajstić information content (AvgIpc) is 3.52. The maximum absolute atomic E-state index is 14.4. The number of piperazine rings is 1. The van der Waals surface area contributed by atoms with Gasteiger partial charge in [0, 0.05) is 37.2 Å². The number of nitrogens with zero attached hydrogens (tertiary/aromatic N) is 5. The molecule has 218 valence electrons. The van der Waals surface area contributed by atoms with Crippen LogP contribution in [0.1, 0.15) is 67.4 Å². The number of hydrogen-bond acceptors (Lipinski definition) is 7. The lowest BCUT2D eigenvalue weighted by molar-refractivity contribution is -0.0518. The molecule has 0 unspecified atom stereocenters. The lowest BCUT2D eigenvalue weighted by atomic mass is 9.76. The van der Waals surface area contributed by atoms with Gasteiger partial charge in [0.05, 0.1) is 29.7 Å². The maximum atomic E-state index is 14.4. The molecular formula is C33H38N6O3. The summed E-state index contributed by atoms with van der Waals surface area (Å²) in [5.41, 5.74) is 2.25. The summed E-state index contributed by atoms with van der Waals surface area (Å²) in [7, 11) is 0. The minimum atomic E-state index is -0.782. The molecule has 2 aliphatic carbocycles. The third-order valence-electron chi connectivity index (χ3n) is 9.18. The molecule has 2 saturated carbocycles. The second kappa shape index (κ2) is 11.5. The quantitative estimate of drug-likeness (QED) is 0.312. The summed E-state index contributed by atoms with van der Waals surface area (Å²) in [5, 5.41) is 23.9. The Morgan fingerprint density at radius 2 is 1.76 bits per heavy atom. The fourth-order valence-electron chi connectivity index (χ4n) is 6.88. The van der Waals surface area contributed by atoms with Crippen LogP contribution in [-0.4, -0.2) is 66.9 Å². The third kappa shape index (κ3) is 5.39. The van der Waals surface area contributed by atoms with Crippen molar-refractivity contribution in [2.75, 3.05) is 19.6 Å². The van der Waals surface area contributed by atoms with E-state index in [4.69, 9.17) is 9.40 Å². The highest BCUT2D eigenvalue weighted by Gasteiger charge is 2.45. The Bertz CT molecular complexity index is 1520. The molecule has 3 aliphatic rings. The number of hydrogen-bond donors (Lipinski definition) is 2. The topological polar surface area (TPSA) is 109 Å². The van der Waals surface area contributed by atoms with E-state index in [0.717, 1.165) is 48.9 Å². The van der Waals surface area contributed by atoms with Gasteiger partial charge in [-0.1, -0.05) is 74.2 Å². The van der Waals surface area contributed by atoms with Gasteiger partial charge in [-0.15, -0.1) is 10.2 Å². The number of carbonyl (C=O) groups is 1. The van der Waals surface area contributed by atoms with Gasteiger partial charge in [-0.25, -0.2) is 4.98 Å². The van der Waals surface area contributed by atoms with Crippen LogP contribution in [0, 0.1) is 5.92 Å². The molecule has 9 nitrogen and oxygen atoms in total. The van der Waals surface area contributed by atoms with Crippen LogP contribution in [0.5, 0.6) is 0 Å². The number of benzene rings is 2. The molecule has 9 heteroatoms. The zero-order chi connectivity index (χ0) is 28.5. The van der Waals surface area contributed by atoms with Crippen LogP contribution in [0.4, 0.5) is 0 Å². The van der Waals surface area contributed by atoms with E-state index >= 15 is 0 Å². The number of nitrogens with one attached hydrogen (secondary N) is 1. The van der Waals surface area contributed by atoms with Crippen molar-refractivity contribution in [1.29, 1.82) is 0 Å². The number of imidazole rings is 1. The molecule has 1 amide bonds. The summed E-state index contributed by atoms with van der Waals surface area (Å²) in [4.78, 5) is 21.0. The zero-order valence-corrected chi connectivity index (χ0v) is 23.9. The summed E-state index contributed by atoms with van der Waals surface area (Å²) >= 11 is 0. The SMILES string of the molecule is O=C(c1ncn([C@@H]2CCCC[C@@]2(O)CC2CC2)c1-c1ccccc1)N1CCNC[C@H]1Cc1nnc(-c2ccccc2)o1. The molecule has 0 spiro atoms. The minimum absolute atomic E-state index is 0.107. The van der Waals surface area contributed by atoms with Crippen LogP contribution in [0.25, 0.3) is 22.7 Å². The van der Waals surface area contributed by atoms with Gasteiger partial charge in [0.25, 0.3) is 5.91 Å². The van der Waals surface area contributed by atoms with Gasteiger partial charge >= 0.3 is 0 Å². The number of carbonyl (C=O) groups excluding carboxylic acids is 1. The molecule has 4 aromatic rings. The van der Waals surface area contributed by atoms with Crippen LogP contribution in [0.2, 0.25) is 0 Å². The Labute approximate surface area is 246 Å². The first-order valence-corrected chi connectivity index (χ1v) is 15.3. The van der Waals surface area contributed by atoms with Crippen LogP contribution >= 0.6 is 0 Å². The van der Waals surface area contributed by atoms with Gasteiger partial charge in [0.1, 0.15) is 0 Å². The summed E-state index contributed by atoms with van der Waals surface area (Å²) in [6, 6.07) is 19.5. The van der Waals surface area contributed by atoms with Crippen molar-refractivity contribution in [2.24, 2.45) is 5.92 Å². The van der Waals surface area contributed by atoms with Gasteiger partial charge in [0.15, 0.2) is 5.69 Å². The summed E-state index contributed by atoms with van der Waals surface area (Å²) in [6.45, 7) is 1.88. The van der Waals surface area contributed by atoms with Crippen molar-refractivity contribution in [3.05, 3.63) is 78.6 Å². The molecule has 42 heavy (non-hydrogen) atoms. The van der Waals surface area contributed by atoms with Crippen LogP contribution in [-0.2, 0) is 6.42 Å². The van der Waals surface area contributed by atoms with Crippen LogP contribution < -0.4 is 5.32 Å². The molecule has 1 saturated heterocycles. The van der Waals surface area contributed by atoms with E-state index < -0.39 is 5.60 Å². The molecule has 1 aliphatic heterocycles. The molecule has 3 atom stereocenters. The Morgan fingerprint density at radius 3 is 2.52 bits per heavy atom. The largest absolute Gasteiger partial charge is 0.421 e. The second-order valence-electron chi connectivity index (χ2n) is 12.2. The van der Waals surface area contributed by atoms with Crippen molar-refractivity contribution in [3.63, 3.8) is 0 Å². The van der Waals surface area contributed by atoms with Gasteiger partial charge in [-0.05, 0) is 37.3 Å². The van der Waals surface area contributed by atoms with E-state index in [9.17, 15) is 9.90 Å². The zero-order valence-electron chi connectivity index (χ0n) is 23.9. The molecule has 3 fully saturated rings. The second-order valence-corrected chi connectivity index (χ2v) is 12.2. The molecule has 2 aromatic carbocycles. The van der Waals surface area contributed by atoms with Crippen molar-refractivity contribution in [2.45, 2.75) is 69.1 Å². The van der Waals surface area contributed by atoms with E-state index in [0.29, 0.717) is 49.4 Å². The van der Waals surface area contributed by atoms with E-state index in [1.807, 2.05) is 65.6 Å².